The zero-order chi connectivity index (χ0) is 18.8. The molecule has 1 unspecified atom stereocenters. The number of aryl methyl sites for hydroxylation is 2. The van der Waals surface area contributed by atoms with E-state index in [1.165, 1.54) is 15.8 Å². The van der Waals surface area contributed by atoms with Crippen molar-refractivity contribution in [2.24, 2.45) is 0 Å². The van der Waals surface area contributed by atoms with E-state index in [4.69, 9.17) is 9.84 Å². The van der Waals surface area contributed by atoms with Crippen LogP contribution < -0.4 is 5.56 Å². The van der Waals surface area contributed by atoms with Crippen LogP contribution in [0, 0.1) is 6.92 Å². The first-order chi connectivity index (χ1) is 12.4. The molecule has 2 heterocycles. The molecule has 2 aromatic rings. The molecule has 1 saturated heterocycles. The molecule has 1 amide bonds. The lowest BCUT2D eigenvalue weighted by molar-refractivity contribution is -0.166. The molecule has 8 nitrogen and oxygen atoms in total. The zero-order valence-electron chi connectivity index (χ0n) is 14.7. The molecular weight excluding hydrogens is 338 g/mol. The summed E-state index contributed by atoms with van der Waals surface area (Å²) in [6.07, 6.45) is 0.183. The number of benzene rings is 1. The first-order valence-electron chi connectivity index (χ1n) is 8.47. The second-order valence-corrected chi connectivity index (χ2v) is 6.54. The van der Waals surface area contributed by atoms with Gasteiger partial charge >= 0.3 is 5.97 Å². The van der Waals surface area contributed by atoms with Gasteiger partial charge in [-0.2, -0.15) is 0 Å². The Hall–Kier alpha value is -2.74. The van der Waals surface area contributed by atoms with Crippen molar-refractivity contribution in [2.75, 3.05) is 13.1 Å². The third-order valence-electron chi connectivity index (χ3n) is 4.51. The monoisotopic (exact) mass is 359 g/mol. The molecule has 138 valence electrons. The summed E-state index contributed by atoms with van der Waals surface area (Å²) >= 11 is 0. The fourth-order valence-electron chi connectivity index (χ4n) is 3.16. The summed E-state index contributed by atoms with van der Waals surface area (Å²) in [6.45, 7) is 4.17. The Morgan fingerprint density at radius 3 is 2.85 bits per heavy atom. The van der Waals surface area contributed by atoms with Crippen LogP contribution in [-0.2, 0) is 20.9 Å². The van der Waals surface area contributed by atoms with Crippen molar-refractivity contribution in [2.45, 2.75) is 39.0 Å². The van der Waals surface area contributed by atoms with Gasteiger partial charge < -0.3 is 14.7 Å². The number of hydrogen-bond donors (Lipinski definition) is 1. The standard InChI is InChI=1S/C18H21N3O5/c1-11-4-3-5-13-16(11)19-10-20(17(13)23)7-6-15(22)21-8-12(2)26-14(9-21)18(24)25/h3-5,10,12,14H,6-9H2,1-2H3,(H,24,25)/t12-,14?/m1/s1. The van der Waals surface area contributed by atoms with Gasteiger partial charge in [-0.15, -0.1) is 0 Å². The SMILES string of the molecule is Cc1cccc2c(=O)n(CCC(=O)N3CC(C(=O)O)O[C@H](C)C3)cnc12. The van der Waals surface area contributed by atoms with E-state index in [1.54, 1.807) is 19.1 Å². The summed E-state index contributed by atoms with van der Waals surface area (Å²) in [5, 5.41) is 9.63. The van der Waals surface area contributed by atoms with Crippen molar-refractivity contribution in [3.8, 4) is 0 Å². The Kier molecular flexibility index (Phi) is 5.03. The average Bonchev–Trinajstić information content (AvgIpc) is 2.61. The fourth-order valence-corrected chi connectivity index (χ4v) is 3.16. The van der Waals surface area contributed by atoms with Crippen molar-refractivity contribution in [3.63, 3.8) is 0 Å². The smallest absolute Gasteiger partial charge is 0.334 e. The van der Waals surface area contributed by atoms with Gasteiger partial charge in [0.15, 0.2) is 6.10 Å². The topological polar surface area (TPSA) is 102 Å². The summed E-state index contributed by atoms with van der Waals surface area (Å²) in [4.78, 5) is 41.9. The highest BCUT2D eigenvalue weighted by Crippen LogP contribution is 2.14. The minimum absolute atomic E-state index is 0.0164. The van der Waals surface area contributed by atoms with E-state index in [-0.39, 0.29) is 37.1 Å². The lowest BCUT2D eigenvalue weighted by Gasteiger charge is -2.35. The van der Waals surface area contributed by atoms with E-state index < -0.39 is 12.1 Å². The number of carboxylic acid groups (broad SMARTS) is 1. The van der Waals surface area contributed by atoms with Gasteiger partial charge in [-0.3, -0.25) is 14.2 Å². The molecule has 1 aliphatic rings. The number of aromatic nitrogens is 2. The number of aliphatic carboxylic acids is 1. The van der Waals surface area contributed by atoms with E-state index in [9.17, 15) is 14.4 Å². The Morgan fingerprint density at radius 2 is 2.12 bits per heavy atom. The molecular formula is C18H21N3O5. The van der Waals surface area contributed by atoms with Gasteiger partial charge in [0.25, 0.3) is 5.56 Å². The van der Waals surface area contributed by atoms with Crippen molar-refractivity contribution in [1.82, 2.24) is 14.5 Å². The summed E-state index contributed by atoms with van der Waals surface area (Å²) in [5.41, 5.74) is 1.39. The number of carbonyl (C=O) groups excluding carboxylic acids is 1. The molecule has 1 aromatic carbocycles. The molecule has 0 spiro atoms. The molecule has 1 fully saturated rings. The van der Waals surface area contributed by atoms with Gasteiger partial charge in [-0.25, -0.2) is 9.78 Å². The van der Waals surface area contributed by atoms with E-state index >= 15 is 0 Å². The maximum Gasteiger partial charge on any atom is 0.334 e. The molecule has 26 heavy (non-hydrogen) atoms. The van der Waals surface area contributed by atoms with Crippen molar-refractivity contribution in [3.05, 3.63) is 40.4 Å². The predicted molar refractivity (Wildman–Crippen MR) is 93.9 cm³/mol. The van der Waals surface area contributed by atoms with Crippen molar-refractivity contribution in [1.29, 1.82) is 0 Å². The van der Waals surface area contributed by atoms with Gasteiger partial charge in [0, 0.05) is 19.5 Å². The minimum Gasteiger partial charge on any atom is -0.479 e. The van der Waals surface area contributed by atoms with Gasteiger partial charge in [0.2, 0.25) is 5.91 Å². The molecule has 1 N–H and O–H groups in total. The molecule has 0 radical (unpaired) electrons. The molecule has 0 aliphatic carbocycles. The van der Waals surface area contributed by atoms with E-state index in [0.717, 1.165) is 5.56 Å². The number of hydrogen-bond acceptors (Lipinski definition) is 5. The third kappa shape index (κ3) is 3.60. The fraction of sp³-hybridized carbons (Fsp3) is 0.444. The van der Waals surface area contributed by atoms with E-state index in [1.807, 2.05) is 13.0 Å². The molecule has 2 atom stereocenters. The van der Waals surface area contributed by atoms with Crippen LogP contribution in [0.2, 0.25) is 0 Å². The van der Waals surface area contributed by atoms with Gasteiger partial charge in [-0.05, 0) is 25.5 Å². The highest BCUT2D eigenvalue weighted by Gasteiger charge is 2.32. The summed E-state index contributed by atoms with van der Waals surface area (Å²) in [7, 11) is 0. The first kappa shape index (κ1) is 18.1. The average molecular weight is 359 g/mol. The molecule has 8 heteroatoms. The largest absolute Gasteiger partial charge is 0.479 e. The van der Waals surface area contributed by atoms with Gasteiger partial charge in [0.1, 0.15) is 0 Å². The van der Waals surface area contributed by atoms with Crippen LogP contribution in [0.4, 0.5) is 0 Å². The zero-order valence-corrected chi connectivity index (χ0v) is 14.7. The van der Waals surface area contributed by atoms with E-state index in [0.29, 0.717) is 17.4 Å². The minimum atomic E-state index is -1.08. The maximum absolute atomic E-state index is 12.6. The maximum atomic E-state index is 12.6. The van der Waals surface area contributed by atoms with Crippen LogP contribution in [0.1, 0.15) is 18.9 Å². The second-order valence-electron chi connectivity index (χ2n) is 6.54. The highest BCUT2D eigenvalue weighted by molar-refractivity contribution is 5.81. The van der Waals surface area contributed by atoms with Crippen LogP contribution in [-0.4, -0.2) is 56.7 Å². The van der Waals surface area contributed by atoms with Crippen LogP contribution in [0.3, 0.4) is 0 Å². The number of fused-ring (bicyclic) bond motifs is 1. The molecule has 0 bridgehead atoms. The van der Waals surface area contributed by atoms with Crippen LogP contribution in [0.5, 0.6) is 0 Å². The molecule has 0 saturated carbocycles. The number of carboxylic acids is 1. The predicted octanol–water partition coefficient (Wildman–Crippen LogP) is 0.796. The Balaban J connectivity index is 1.72. The molecule has 1 aliphatic heterocycles. The summed E-state index contributed by atoms with van der Waals surface area (Å²) < 4.78 is 6.73. The van der Waals surface area contributed by atoms with Crippen molar-refractivity contribution >= 4 is 22.8 Å². The number of nitrogens with zero attached hydrogens (tertiary/aromatic N) is 3. The van der Waals surface area contributed by atoms with Crippen molar-refractivity contribution < 1.29 is 19.4 Å². The van der Waals surface area contributed by atoms with Crippen LogP contribution in [0.25, 0.3) is 10.9 Å². The lowest BCUT2D eigenvalue weighted by Crippen LogP contribution is -2.52. The summed E-state index contributed by atoms with van der Waals surface area (Å²) in [6, 6.07) is 5.41. The Bertz CT molecular complexity index is 907. The number of rotatable bonds is 4. The number of morpholine rings is 1. The number of ether oxygens (including phenoxy) is 1. The van der Waals surface area contributed by atoms with Gasteiger partial charge in [-0.1, -0.05) is 12.1 Å². The van der Waals surface area contributed by atoms with Crippen LogP contribution in [0.15, 0.2) is 29.3 Å². The highest BCUT2D eigenvalue weighted by atomic mass is 16.5. The number of para-hydroxylation sites is 1. The first-order valence-corrected chi connectivity index (χ1v) is 8.47. The van der Waals surface area contributed by atoms with Crippen LogP contribution >= 0.6 is 0 Å². The Labute approximate surface area is 150 Å². The number of amides is 1. The number of carbonyl (C=O) groups is 2. The van der Waals surface area contributed by atoms with E-state index in [2.05, 4.69) is 4.98 Å². The third-order valence-corrected chi connectivity index (χ3v) is 4.51. The molecule has 1 aromatic heterocycles. The summed E-state index contributed by atoms with van der Waals surface area (Å²) in [5.74, 6) is -1.29. The van der Waals surface area contributed by atoms with Gasteiger partial charge in [0.05, 0.1) is 29.9 Å². The second kappa shape index (κ2) is 7.25. The molecule has 3 rings (SSSR count). The quantitative estimate of drug-likeness (QED) is 0.866. The lowest BCUT2D eigenvalue weighted by atomic mass is 10.1. The normalized spacial score (nSPS) is 20.3. The Morgan fingerprint density at radius 1 is 1.35 bits per heavy atom.